The number of pyridine rings is 1. The van der Waals surface area contributed by atoms with Gasteiger partial charge in [-0.2, -0.15) is 0 Å². The molecule has 9 nitrogen and oxygen atoms in total. The zero-order valence-electron chi connectivity index (χ0n) is 19.7. The maximum absolute atomic E-state index is 15.3. The Morgan fingerprint density at radius 2 is 2.06 bits per heavy atom. The molecule has 2 atom stereocenters. The molecule has 188 valence electrons. The van der Waals surface area contributed by atoms with Crippen LogP contribution in [0.5, 0.6) is 0 Å². The van der Waals surface area contributed by atoms with E-state index in [1.807, 2.05) is 4.90 Å². The van der Waals surface area contributed by atoms with Crippen LogP contribution in [0.4, 0.5) is 14.5 Å². The molecular weight excluding hydrogens is 470 g/mol. The molecule has 36 heavy (non-hydrogen) atoms. The molecule has 2 unspecified atom stereocenters. The van der Waals surface area contributed by atoms with Crippen molar-refractivity contribution in [2.45, 2.75) is 25.8 Å². The van der Waals surface area contributed by atoms with E-state index in [0.717, 1.165) is 18.9 Å². The number of benzene rings is 2. The number of rotatable bonds is 8. The number of piperazine rings is 1. The Morgan fingerprint density at radius 3 is 2.75 bits per heavy atom. The Hall–Kier alpha value is -3.95. The molecule has 2 aromatic carbocycles. The minimum absolute atomic E-state index is 0.0705. The predicted molar refractivity (Wildman–Crippen MR) is 133 cm³/mol. The summed E-state index contributed by atoms with van der Waals surface area (Å²) in [6, 6.07) is 8.11. The molecule has 1 saturated heterocycles. The van der Waals surface area contributed by atoms with Crippen molar-refractivity contribution in [3.63, 3.8) is 0 Å². The average molecular weight is 497 g/mol. The van der Waals surface area contributed by atoms with Crippen LogP contribution in [0.2, 0.25) is 0 Å². The van der Waals surface area contributed by atoms with Gasteiger partial charge in [-0.15, -0.1) is 0 Å². The van der Waals surface area contributed by atoms with Gasteiger partial charge in [0.2, 0.25) is 5.43 Å². The van der Waals surface area contributed by atoms with E-state index >= 15 is 4.39 Å². The van der Waals surface area contributed by atoms with Crippen molar-refractivity contribution in [1.29, 1.82) is 0 Å². The van der Waals surface area contributed by atoms with Gasteiger partial charge in [-0.1, -0.05) is 12.0 Å². The first-order valence-electron chi connectivity index (χ1n) is 11.7. The Bertz CT molecular complexity index is 1390. The second-order valence-electron chi connectivity index (χ2n) is 9.03. The van der Waals surface area contributed by atoms with Gasteiger partial charge in [-0.3, -0.25) is 4.79 Å². The normalized spacial score (nSPS) is 16.5. The zero-order valence-corrected chi connectivity index (χ0v) is 19.7. The van der Waals surface area contributed by atoms with Crippen molar-refractivity contribution in [2.75, 3.05) is 31.1 Å². The maximum atomic E-state index is 15.3. The van der Waals surface area contributed by atoms with Crippen molar-refractivity contribution in [3.8, 4) is 5.69 Å². The van der Waals surface area contributed by atoms with E-state index in [-0.39, 0.29) is 11.4 Å². The largest absolute Gasteiger partial charge is 0.477 e. The topological polar surface area (TPSA) is 123 Å². The summed E-state index contributed by atoms with van der Waals surface area (Å²) in [6.45, 7) is 4.20. The first kappa shape index (κ1) is 25.2. The van der Waals surface area contributed by atoms with Gasteiger partial charge in [0.15, 0.2) is 0 Å². The SMILES string of the molecule is CC(CCN=[N+]=[N-])CC1CN(c2cc3c(cc2F)c(=O)c(C(=O)O)cn3-c2ccc(F)cc2)CCN1. The highest BCUT2D eigenvalue weighted by Gasteiger charge is 2.25. The van der Waals surface area contributed by atoms with Gasteiger partial charge in [0.05, 0.1) is 11.2 Å². The quantitative estimate of drug-likeness (QED) is 0.271. The smallest absolute Gasteiger partial charge is 0.341 e. The van der Waals surface area contributed by atoms with Gasteiger partial charge < -0.3 is 19.9 Å². The standard InChI is InChI=1S/C25H26F2N6O3/c1-15(6-7-30-31-28)10-17-13-32(9-8-29-17)23-12-22-19(11-21(23)27)24(34)20(25(35)36)14-33(22)18-4-2-16(26)3-5-18/h2-5,11-12,14-15,17,29H,6-10,13H2,1H3,(H,35,36). The summed E-state index contributed by atoms with van der Waals surface area (Å²) in [5.74, 6) is -2.21. The molecule has 1 aliphatic rings. The molecule has 0 bridgehead atoms. The summed E-state index contributed by atoms with van der Waals surface area (Å²) in [5, 5.41) is 16.5. The van der Waals surface area contributed by atoms with E-state index in [9.17, 15) is 19.1 Å². The van der Waals surface area contributed by atoms with Crippen molar-refractivity contribution >= 4 is 22.6 Å². The van der Waals surface area contributed by atoms with Crippen molar-refractivity contribution in [3.05, 3.63) is 80.5 Å². The van der Waals surface area contributed by atoms with E-state index in [1.54, 1.807) is 6.07 Å². The number of carboxylic acid groups (broad SMARTS) is 1. The van der Waals surface area contributed by atoms with Crippen molar-refractivity contribution in [2.24, 2.45) is 11.0 Å². The number of aromatic nitrogens is 1. The Labute approximate surface area is 205 Å². The molecule has 2 heterocycles. The number of hydrogen-bond acceptors (Lipinski definition) is 5. The lowest BCUT2D eigenvalue weighted by Gasteiger charge is -2.36. The van der Waals surface area contributed by atoms with Gasteiger partial charge in [0.1, 0.15) is 17.2 Å². The van der Waals surface area contributed by atoms with Gasteiger partial charge in [0.25, 0.3) is 0 Å². The lowest BCUT2D eigenvalue weighted by molar-refractivity contribution is 0.0695. The van der Waals surface area contributed by atoms with Gasteiger partial charge in [0, 0.05) is 54.4 Å². The minimum Gasteiger partial charge on any atom is -0.477 e. The third kappa shape index (κ3) is 5.32. The molecule has 0 spiro atoms. The van der Waals surface area contributed by atoms with E-state index in [0.29, 0.717) is 49.0 Å². The monoisotopic (exact) mass is 496 g/mol. The van der Waals surface area contributed by atoms with Crippen molar-refractivity contribution < 1.29 is 18.7 Å². The highest BCUT2D eigenvalue weighted by Crippen LogP contribution is 2.28. The molecule has 0 amide bonds. The molecule has 0 saturated carbocycles. The number of azide groups is 1. The molecule has 0 aliphatic carbocycles. The number of carbonyl (C=O) groups is 1. The Balaban J connectivity index is 1.73. The average Bonchev–Trinajstić information content (AvgIpc) is 2.85. The number of nitrogens with one attached hydrogen (secondary N) is 1. The minimum atomic E-state index is -1.43. The van der Waals surface area contributed by atoms with Crippen LogP contribution in [0.25, 0.3) is 27.0 Å². The molecule has 1 fully saturated rings. The first-order chi connectivity index (χ1) is 17.3. The molecule has 3 aromatic rings. The summed E-state index contributed by atoms with van der Waals surface area (Å²) in [7, 11) is 0. The fraction of sp³-hybridized carbons (Fsp3) is 0.360. The van der Waals surface area contributed by atoms with Gasteiger partial charge >= 0.3 is 5.97 Å². The van der Waals surface area contributed by atoms with E-state index < -0.39 is 28.6 Å². The van der Waals surface area contributed by atoms with E-state index in [1.165, 1.54) is 35.0 Å². The summed E-state index contributed by atoms with van der Waals surface area (Å²) in [4.78, 5) is 29.2. The molecular formula is C25H26F2N6O3. The van der Waals surface area contributed by atoms with Crippen LogP contribution < -0.4 is 15.6 Å². The number of fused-ring (bicyclic) bond motifs is 1. The fourth-order valence-corrected chi connectivity index (χ4v) is 4.67. The van der Waals surface area contributed by atoms with Crippen LogP contribution in [0.15, 0.2) is 52.5 Å². The lowest BCUT2D eigenvalue weighted by atomic mass is 9.97. The second-order valence-corrected chi connectivity index (χ2v) is 9.03. The number of halogens is 2. The predicted octanol–water partition coefficient (Wildman–Crippen LogP) is 4.47. The van der Waals surface area contributed by atoms with Gasteiger partial charge in [-0.25, -0.2) is 13.6 Å². The highest BCUT2D eigenvalue weighted by atomic mass is 19.1. The van der Waals surface area contributed by atoms with Crippen LogP contribution in [0, 0.1) is 17.6 Å². The highest BCUT2D eigenvalue weighted by molar-refractivity contribution is 5.94. The van der Waals surface area contributed by atoms with Crippen LogP contribution in [0.1, 0.15) is 30.1 Å². The third-order valence-corrected chi connectivity index (χ3v) is 6.48. The van der Waals surface area contributed by atoms with E-state index in [2.05, 4.69) is 22.3 Å². The maximum Gasteiger partial charge on any atom is 0.341 e. The third-order valence-electron chi connectivity index (χ3n) is 6.48. The van der Waals surface area contributed by atoms with Gasteiger partial charge in [-0.05, 0) is 60.7 Å². The van der Waals surface area contributed by atoms with Crippen LogP contribution in [-0.4, -0.2) is 47.9 Å². The lowest BCUT2D eigenvalue weighted by Crippen LogP contribution is -2.51. The second kappa shape index (κ2) is 10.8. The molecule has 2 N–H and O–H groups in total. The number of carboxylic acids is 1. The Morgan fingerprint density at radius 1 is 1.31 bits per heavy atom. The molecule has 1 aromatic heterocycles. The Kier molecular flexibility index (Phi) is 7.52. The summed E-state index contributed by atoms with van der Waals surface area (Å²) in [5.41, 5.74) is 8.24. The van der Waals surface area contributed by atoms with Crippen LogP contribution in [0.3, 0.4) is 0 Å². The number of nitrogens with zero attached hydrogens (tertiary/aromatic N) is 5. The summed E-state index contributed by atoms with van der Waals surface area (Å²) in [6.07, 6.45) is 2.76. The van der Waals surface area contributed by atoms with E-state index in [4.69, 9.17) is 5.53 Å². The molecule has 11 heteroatoms. The fourth-order valence-electron chi connectivity index (χ4n) is 4.67. The molecule has 4 rings (SSSR count). The number of hydrogen-bond donors (Lipinski definition) is 2. The first-order valence-corrected chi connectivity index (χ1v) is 11.7. The summed E-state index contributed by atoms with van der Waals surface area (Å²) >= 11 is 0. The molecule has 1 aliphatic heterocycles. The summed E-state index contributed by atoms with van der Waals surface area (Å²) < 4.78 is 30.3. The van der Waals surface area contributed by atoms with Crippen LogP contribution in [-0.2, 0) is 0 Å². The number of aromatic carboxylic acids is 1. The zero-order chi connectivity index (χ0) is 25.8. The van der Waals surface area contributed by atoms with Crippen LogP contribution >= 0.6 is 0 Å². The number of anilines is 1. The molecule has 0 radical (unpaired) electrons. The van der Waals surface area contributed by atoms with Crippen molar-refractivity contribution in [1.82, 2.24) is 9.88 Å².